The van der Waals surface area contributed by atoms with Gasteiger partial charge in [0.25, 0.3) is 0 Å². The van der Waals surface area contributed by atoms with E-state index >= 15 is 0 Å². The number of rotatable bonds is 4. The minimum Gasteiger partial charge on any atom is -0.355 e. The van der Waals surface area contributed by atoms with Crippen LogP contribution in [0, 0.1) is 5.41 Å². The average molecular weight is 207 g/mol. The zero-order chi connectivity index (χ0) is 10.7. The first-order valence-electron chi connectivity index (χ1n) is 5.98. The normalized spacial score (nSPS) is 19.3. The topological polar surface area (TPSA) is 29.9 Å². The Bertz CT molecular complexity index is 310. The highest BCUT2D eigenvalue weighted by Crippen LogP contribution is 2.37. The van der Waals surface area contributed by atoms with Crippen LogP contribution >= 0.6 is 0 Å². The highest BCUT2D eigenvalue weighted by molar-refractivity contribution is 5.26. The van der Waals surface area contributed by atoms with Crippen molar-refractivity contribution in [1.29, 1.82) is 0 Å². The zero-order valence-corrected chi connectivity index (χ0v) is 9.79. The molecule has 1 aromatic heterocycles. The van der Waals surface area contributed by atoms with E-state index in [9.17, 15) is 0 Å². The summed E-state index contributed by atoms with van der Waals surface area (Å²) in [5, 5.41) is 3.48. The second-order valence-electron chi connectivity index (χ2n) is 4.91. The van der Waals surface area contributed by atoms with Gasteiger partial charge in [-0.1, -0.05) is 19.8 Å². The van der Waals surface area contributed by atoms with Crippen LogP contribution in [0.2, 0.25) is 0 Å². The third kappa shape index (κ3) is 2.33. The van der Waals surface area contributed by atoms with Crippen LogP contribution in [0.5, 0.6) is 0 Å². The third-order valence-electron chi connectivity index (χ3n) is 3.54. The predicted molar refractivity (Wildman–Crippen MR) is 63.0 cm³/mol. The molecule has 1 aromatic rings. The van der Waals surface area contributed by atoms with Gasteiger partial charge in [0, 0.05) is 25.5 Å². The molecule has 0 atom stereocenters. The van der Waals surface area contributed by atoms with Gasteiger partial charge in [0.1, 0.15) is 0 Å². The van der Waals surface area contributed by atoms with Crippen molar-refractivity contribution in [2.45, 2.75) is 46.1 Å². The number of aryl methyl sites for hydroxylation is 1. The molecular formula is C12H21N3. The summed E-state index contributed by atoms with van der Waals surface area (Å²) in [4.78, 5) is 4.33. The van der Waals surface area contributed by atoms with Crippen molar-refractivity contribution in [3.8, 4) is 0 Å². The molecule has 0 aliphatic heterocycles. The summed E-state index contributed by atoms with van der Waals surface area (Å²) in [6.45, 7) is 6.57. The molecule has 1 fully saturated rings. The predicted octanol–water partition coefficient (Wildman–Crippen LogP) is 2.90. The maximum absolute atomic E-state index is 4.33. The fourth-order valence-corrected chi connectivity index (χ4v) is 2.43. The molecule has 1 aliphatic carbocycles. The van der Waals surface area contributed by atoms with Crippen LogP contribution < -0.4 is 5.32 Å². The summed E-state index contributed by atoms with van der Waals surface area (Å²) in [5.41, 5.74) is 0.491. The quantitative estimate of drug-likeness (QED) is 0.822. The van der Waals surface area contributed by atoms with Crippen LogP contribution in [-0.4, -0.2) is 16.1 Å². The van der Waals surface area contributed by atoms with Crippen molar-refractivity contribution in [3.05, 3.63) is 12.4 Å². The molecule has 0 amide bonds. The molecule has 3 nitrogen and oxygen atoms in total. The Hall–Kier alpha value is -0.990. The Labute approximate surface area is 91.9 Å². The summed E-state index contributed by atoms with van der Waals surface area (Å²) >= 11 is 0. The number of hydrogen-bond donors (Lipinski definition) is 1. The number of hydrogen-bond acceptors (Lipinski definition) is 2. The Morgan fingerprint density at radius 2 is 2.20 bits per heavy atom. The van der Waals surface area contributed by atoms with Crippen LogP contribution in [0.25, 0.3) is 0 Å². The van der Waals surface area contributed by atoms with E-state index in [0.29, 0.717) is 5.41 Å². The summed E-state index contributed by atoms with van der Waals surface area (Å²) in [5.74, 6) is 1.02. The summed E-state index contributed by atoms with van der Waals surface area (Å²) in [6, 6.07) is 0. The van der Waals surface area contributed by atoms with Gasteiger partial charge < -0.3 is 9.88 Å². The molecule has 3 heteroatoms. The first-order chi connectivity index (χ1) is 7.23. The van der Waals surface area contributed by atoms with E-state index in [4.69, 9.17) is 0 Å². The van der Waals surface area contributed by atoms with Crippen molar-refractivity contribution < 1.29 is 0 Å². The number of aromatic nitrogens is 2. The molecular weight excluding hydrogens is 186 g/mol. The summed E-state index contributed by atoms with van der Waals surface area (Å²) in [6.07, 6.45) is 9.38. The van der Waals surface area contributed by atoms with E-state index in [0.717, 1.165) is 19.0 Å². The highest BCUT2D eigenvalue weighted by atomic mass is 15.2. The third-order valence-corrected chi connectivity index (χ3v) is 3.54. The van der Waals surface area contributed by atoms with Crippen molar-refractivity contribution in [2.75, 3.05) is 11.9 Å². The Kier molecular flexibility index (Phi) is 2.98. The maximum atomic E-state index is 4.33. The average Bonchev–Trinajstić information content (AvgIpc) is 2.84. The summed E-state index contributed by atoms with van der Waals surface area (Å²) in [7, 11) is 0. The standard InChI is InChI=1S/C12H21N3/c1-3-15-9-8-13-11(15)14-10-12(2)6-4-5-7-12/h8-9H,3-7,10H2,1-2H3,(H,13,14). The monoisotopic (exact) mass is 207 g/mol. The maximum Gasteiger partial charge on any atom is 0.202 e. The Balaban J connectivity index is 1.92. The number of imidazole rings is 1. The van der Waals surface area contributed by atoms with E-state index in [1.54, 1.807) is 0 Å². The van der Waals surface area contributed by atoms with E-state index in [1.165, 1.54) is 25.7 Å². The molecule has 0 spiro atoms. The van der Waals surface area contributed by atoms with E-state index in [1.807, 2.05) is 12.4 Å². The molecule has 84 valence electrons. The van der Waals surface area contributed by atoms with Gasteiger partial charge in [0.2, 0.25) is 5.95 Å². The van der Waals surface area contributed by atoms with E-state index in [2.05, 4.69) is 28.7 Å². The van der Waals surface area contributed by atoms with Crippen LogP contribution in [0.3, 0.4) is 0 Å². The lowest BCUT2D eigenvalue weighted by Gasteiger charge is -2.24. The molecule has 0 saturated heterocycles. The van der Waals surface area contributed by atoms with Crippen LogP contribution in [0.4, 0.5) is 5.95 Å². The molecule has 15 heavy (non-hydrogen) atoms. The Morgan fingerprint density at radius 3 is 2.87 bits per heavy atom. The van der Waals surface area contributed by atoms with Gasteiger partial charge in [0.15, 0.2) is 0 Å². The lowest BCUT2D eigenvalue weighted by atomic mass is 9.89. The fraction of sp³-hybridized carbons (Fsp3) is 0.750. The largest absolute Gasteiger partial charge is 0.355 e. The van der Waals surface area contributed by atoms with Crippen molar-refractivity contribution >= 4 is 5.95 Å². The van der Waals surface area contributed by atoms with Gasteiger partial charge in [-0.2, -0.15) is 0 Å². The second-order valence-corrected chi connectivity index (χ2v) is 4.91. The molecule has 0 bridgehead atoms. The van der Waals surface area contributed by atoms with Gasteiger partial charge in [-0.05, 0) is 25.2 Å². The fourth-order valence-electron chi connectivity index (χ4n) is 2.43. The lowest BCUT2D eigenvalue weighted by molar-refractivity contribution is 0.360. The lowest BCUT2D eigenvalue weighted by Crippen LogP contribution is -2.24. The number of anilines is 1. The van der Waals surface area contributed by atoms with Crippen molar-refractivity contribution in [3.63, 3.8) is 0 Å². The smallest absolute Gasteiger partial charge is 0.202 e. The van der Waals surface area contributed by atoms with Crippen LogP contribution in [0.1, 0.15) is 39.5 Å². The van der Waals surface area contributed by atoms with Gasteiger partial charge in [-0.25, -0.2) is 4.98 Å². The number of nitrogens with one attached hydrogen (secondary N) is 1. The summed E-state index contributed by atoms with van der Waals surface area (Å²) < 4.78 is 2.15. The van der Waals surface area contributed by atoms with Crippen LogP contribution in [-0.2, 0) is 6.54 Å². The molecule has 2 rings (SSSR count). The minimum absolute atomic E-state index is 0.491. The molecule has 0 radical (unpaired) electrons. The zero-order valence-electron chi connectivity index (χ0n) is 9.79. The van der Waals surface area contributed by atoms with Gasteiger partial charge >= 0.3 is 0 Å². The molecule has 0 unspecified atom stereocenters. The molecule has 1 saturated carbocycles. The molecule has 0 aromatic carbocycles. The van der Waals surface area contributed by atoms with E-state index in [-0.39, 0.29) is 0 Å². The molecule has 1 aliphatic rings. The van der Waals surface area contributed by atoms with Gasteiger partial charge in [-0.3, -0.25) is 0 Å². The Morgan fingerprint density at radius 1 is 1.47 bits per heavy atom. The van der Waals surface area contributed by atoms with Crippen LogP contribution in [0.15, 0.2) is 12.4 Å². The van der Waals surface area contributed by atoms with Gasteiger partial charge in [0.05, 0.1) is 0 Å². The first kappa shape index (κ1) is 10.5. The molecule has 1 heterocycles. The minimum atomic E-state index is 0.491. The first-order valence-corrected chi connectivity index (χ1v) is 5.98. The van der Waals surface area contributed by atoms with Crippen molar-refractivity contribution in [2.24, 2.45) is 5.41 Å². The number of nitrogens with zero attached hydrogens (tertiary/aromatic N) is 2. The van der Waals surface area contributed by atoms with Gasteiger partial charge in [-0.15, -0.1) is 0 Å². The molecule has 1 N–H and O–H groups in total. The SMILES string of the molecule is CCn1ccnc1NCC1(C)CCCC1. The second kappa shape index (κ2) is 4.25. The highest BCUT2D eigenvalue weighted by Gasteiger charge is 2.28. The van der Waals surface area contributed by atoms with Crippen molar-refractivity contribution in [1.82, 2.24) is 9.55 Å². The van der Waals surface area contributed by atoms with E-state index < -0.39 is 0 Å².